The number of allylic oxidation sites excluding steroid dienone is 3. The molecule has 0 saturated carbocycles. The fourth-order valence-corrected chi connectivity index (χ4v) is 3.56. The Morgan fingerprint density at radius 1 is 0.767 bits per heavy atom. The molecule has 0 aromatic heterocycles. The summed E-state index contributed by atoms with van der Waals surface area (Å²) in [5.41, 5.74) is 12.2. The van der Waals surface area contributed by atoms with Gasteiger partial charge in [-0.25, -0.2) is 0 Å². The summed E-state index contributed by atoms with van der Waals surface area (Å²) in [6.45, 7) is 6.61. The van der Waals surface area contributed by atoms with Crippen LogP contribution in [0.15, 0.2) is 151 Å². The molecule has 0 heterocycles. The van der Waals surface area contributed by atoms with E-state index in [2.05, 4.69) is 36.6 Å². The highest BCUT2D eigenvalue weighted by Crippen LogP contribution is 2.21. The molecule has 0 fully saturated rings. The van der Waals surface area contributed by atoms with Gasteiger partial charge in [-0.15, -0.1) is 0 Å². The van der Waals surface area contributed by atoms with Gasteiger partial charge in [-0.2, -0.15) is 0 Å². The molecule has 222 valence electrons. The van der Waals surface area contributed by atoms with Gasteiger partial charge in [0.15, 0.2) is 0 Å². The number of nitrogens with two attached hydrogens (primary N) is 2. The van der Waals surface area contributed by atoms with Gasteiger partial charge in [0.05, 0.1) is 18.8 Å². The van der Waals surface area contributed by atoms with Crippen molar-refractivity contribution in [2.75, 3.05) is 6.61 Å². The first-order valence-corrected chi connectivity index (χ1v) is 13.6. The van der Waals surface area contributed by atoms with E-state index in [1.165, 1.54) is 11.1 Å². The van der Waals surface area contributed by atoms with Crippen molar-refractivity contribution in [3.05, 3.63) is 163 Å². The van der Waals surface area contributed by atoms with E-state index in [0.29, 0.717) is 30.3 Å². The first-order valence-electron chi connectivity index (χ1n) is 13.6. The number of carbonyl (C=O) groups excluding carboxylic acids is 2. The molecular formula is C36H38N2O5. The number of hydrogen-bond donors (Lipinski definition) is 2. The van der Waals surface area contributed by atoms with E-state index in [-0.39, 0.29) is 6.41 Å². The van der Waals surface area contributed by atoms with Crippen LogP contribution in [0.2, 0.25) is 0 Å². The zero-order valence-corrected chi connectivity index (χ0v) is 24.3. The van der Waals surface area contributed by atoms with E-state index in [4.69, 9.17) is 24.7 Å². The zero-order chi connectivity index (χ0) is 31.1. The number of benzene rings is 4. The molecule has 43 heavy (non-hydrogen) atoms. The molecule has 0 radical (unpaired) electrons. The molecule has 4 aromatic carbocycles. The maximum atomic E-state index is 11.2. The normalized spacial score (nSPS) is 10.6. The summed E-state index contributed by atoms with van der Waals surface area (Å²) in [4.78, 5) is 19.8. The van der Waals surface area contributed by atoms with Gasteiger partial charge in [0.25, 0.3) is 5.91 Å². The lowest BCUT2D eigenvalue weighted by Gasteiger charge is -2.08. The summed E-state index contributed by atoms with van der Waals surface area (Å²) in [5, 5.41) is 0. The lowest BCUT2D eigenvalue weighted by molar-refractivity contribution is -0.114. The van der Waals surface area contributed by atoms with E-state index < -0.39 is 5.91 Å². The van der Waals surface area contributed by atoms with Gasteiger partial charge in [0.2, 0.25) is 6.41 Å². The highest BCUT2D eigenvalue weighted by Gasteiger charge is 2.07. The highest BCUT2D eigenvalue weighted by molar-refractivity contribution is 5.95. The number of hydrogen-bond acceptors (Lipinski definition) is 5. The molecule has 0 saturated heterocycles. The molecule has 0 unspecified atom stereocenters. The number of primary amides is 2. The number of amides is 2. The number of rotatable bonds is 12. The van der Waals surface area contributed by atoms with Crippen LogP contribution in [0.5, 0.6) is 17.2 Å². The van der Waals surface area contributed by atoms with E-state index in [0.717, 1.165) is 17.9 Å². The first kappa shape index (κ1) is 33.8. The lowest BCUT2D eigenvalue weighted by atomic mass is 10.1. The van der Waals surface area contributed by atoms with Crippen LogP contribution in [0, 0.1) is 0 Å². The Balaban J connectivity index is 0.000000287. The first-order chi connectivity index (χ1) is 21.0. The van der Waals surface area contributed by atoms with E-state index in [1.807, 2.05) is 78.9 Å². The monoisotopic (exact) mass is 578 g/mol. The summed E-state index contributed by atoms with van der Waals surface area (Å²) in [7, 11) is 0. The SMILES string of the molecule is C=C/C=C\C(C(N)=O)=C(/C)Oc1ccccc1.NC=O.c1ccc(COCCc2ccc(Oc3ccccc3)cc2)cc1. The summed E-state index contributed by atoms with van der Waals surface area (Å²) < 4.78 is 17.0. The van der Waals surface area contributed by atoms with Crippen molar-refractivity contribution in [3.8, 4) is 17.2 Å². The van der Waals surface area contributed by atoms with Gasteiger partial charge < -0.3 is 25.7 Å². The van der Waals surface area contributed by atoms with Crippen LogP contribution in [0.25, 0.3) is 0 Å². The van der Waals surface area contributed by atoms with Crippen molar-refractivity contribution < 1.29 is 23.8 Å². The molecule has 0 bridgehead atoms. The van der Waals surface area contributed by atoms with Crippen LogP contribution in [0.4, 0.5) is 0 Å². The Labute approximate surface area is 253 Å². The minimum Gasteiger partial charge on any atom is -0.461 e. The molecule has 0 aliphatic rings. The van der Waals surface area contributed by atoms with E-state index >= 15 is 0 Å². The molecular weight excluding hydrogens is 540 g/mol. The lowest BCUT2D eigenvalue weighted by Crippen LogP contribution is -2.15. The van der Waals surface area contributed by atoms with Crippen LogP contribution in [-0.4, -0.2) is 18.9 Å². The van der Waals surface area contributed by atoms with Gasteiger partial charge in [0.1, 0.15) is 23.0 Å². The molecule has 2 amide bonds. The maximum Gasteiger partial charge on any atom is 0.252 e. The number of ether oxygens (including phenoxy) is 3. The van der Waals surface area contributed by atoms with Crippen molar-refractivity contribution >= 4 is 12.3 Å². The van der Waals surface area contributed by atoms with Gasteiger partial charge in [-0.1, -0.05) is 97.6 Å². The number of carbonyl (C=O) groups is 2. The van der Waals surface area contributed by atoms with Crippen LogP contribution >= 0.6 is 0 Å². The standard InChI is InChI=1S/C21H20O2.C14H15NO2.CH3NO/c1-3-7-19(8-4-1)17-22-16-15-18-11-13-21(14-12-18)23-20-9-5-2-6-10-20;1-3-4-10-13(14(15)16)11(2)17-12-8-6-5-7-9-12;2-1-3/h1-14H,15-17H2;3-10H,1H2,2H3,(H2,15,16);1H,(H2,2,3)/b;10-4-,13-11-;. The largest absolute Gasteiger partial charge is 0.461 e. The van der Waals surface area contributed by atoms with Crippen molar-refractivity contribution in [1.82, 2.24) is 0 Å². The van der Waals surface area contributed by atoms with Crippen LogP contribution in [0.3, 0.4) is 0 Å². The smallest absolute Gasteiger partial charge is 0.252 e. The molecule has 0 spiro atoms. The molecule has 0 aliphatic heterocycles. The Kier molecular flexibility index (Phi) is 16.1. The molecule has 4 rings (SSSR count). The summed E-state index contributed by atoms with van der Waals surface area (Å²) >= 11 is 0. The Bertz CT molecular complexity index is 1420. The van der Waals surface area contributed by atoms with Gasteiger partial charge in [-0.05, 0) is 66.9 Å². The molecule has 7 heteroatoms. The third-order valence-corrected chi connectivity index (χ3v) is 5.61. The molecule has 4 N–H and O–H groups in total. The van der Waals surface area contributed by atoms with Crippen molar-refractivity contribution in [2.24, 2.45) is 11.5 Å². The van der Waals surface area contributed by atoms with Crippen molar-refractivity contribution in [3.63, 3.8) is 0 Å². The Hall–Kier alpha value is -5.40. The summed E-state index contributed by atoms with van der Waals surface area (Å²) in [6, 6.07) is 37.4. The van der Waals surface area contributed by atoms with E-state index in [1.54, 1.807) is 37.3 Å². The van der Waals surface area contributed by atoms with Crippen molar-refractivity contribution in [2.45, 2.75) is 20.0 Å². The molecule has 0 aliphatic carbocycles. The molecule has 0 atom stereocenters. The molecule has 7 nitrogen and oxygen atoms in total. The second kappa shape index (κ2) is 20.5. The average Bonchev–Trinajstić information content (AvgIpc) is 3.02. The fourth-order valence-electron chi connectivity index (χ4n) is 3.56. The van der Waals surface area contributed by atoms with Gasteiger partial charge in [-0.3, -0.25) is 9.59 Å². The fraction of sp³-hybridized carbons (Fsp3) is 0.111. The van der Waals surface area contributed by atoms with Gasteiger partial charge >= 0.3 is 0 Å². The Morgan fingerprint density at radius 2 is 1.28 bits per heavy atom. The van der Waals surface area contributed by atoms with Crippen LogP contribution < -0.4 is 20.9 Å². The van der Waals surface area contributed by atoms with Crippen LogP contribution in [0.1, 0.15) is 18.1 Å². The second-order valence-corrected chi connectivity index (χ2v) is 8.83. The quantitative estimate of drug-likeness (QED) is 0.0624. The third-order valence-electron chi connectivity index (χ3n) is 5.61. The third kappa shape index (κ3) is 14.2. The Morgan fingerprint density at radius 3 is 1.81 bits per heavy atom. The van der Waals surface area contributed by atoms with Crippen molar-refractivity contribution in [1.29, 1.82) is 0 Å². The highest BCUT2D eigenvalue weighted by atomic mass is 16.5. The minimum atomic E-state index is -0.531. The van der Waals surface area contributed by atoms with Crippen LogP contribution in [-0.2, 0) is 27.4 Å². The topological polar surface area (TPSA) is 114 Å². The summed E-state index contributed by atoms with van der Waals surface area (Å²) in [6.07, 6.45) is 5.93. The number of para-hydroxylation sites is 2. The van der Waals surface area contributed by atoms with Gasteiger partial charge in [0, 0.05) is 0 Å². The zero-order valence-electron chi connectivity index (χ0n) is 24.3. The minimum absolute atomic E-state index is 0.250. The molecule has 4 aromatic rings. The predicted octanol–water partition coefficient (Wildman–Crippen LogP) is 6.91. The van der Waals surface area contributed by atoms with E-state index in [9.17, 15) is 4.79 Å². The average molecular weight is 579 g/mol. The second-order valence-electron chi connectivity index (χ2n) is 8.83. The maximum absolute atomic E-state index is 11.2. The summed E-state index contributed by atoms with van der Waals surface area (Å²) in [5.74, 6) is 2.30. The predicted molar refractivity (Wildman–Crippen MR) is 171 cm³/mol.